The van der Waals surface area contributed by atoms with E-state index in [9.17, 15) is 4.79 Å². The highest BCUT2D eigenvalue weighted by Crippen LogP contribution is 2.24. The number of carbonyl (C=O) groups excluding carboxylic acids is 1. The van der Waals surface area contributed by atoms with Gasteiger partial charge < -0.3 is 19.5 Å². The first-order chi connectivity index (χ1) is 12.6. The molecule has 134 valence electrons. The van der Waals surface area contributed by atoms with Crippen LogP contribution in [0.4, 0.5) is 0 Å². The molecular formula is C19H20N4O3. The summed E-state index contributed by atoms with van der Waals surface area (Å²) in [5.74, 6) is 1.48. The summed E-state index contributed by atoms with van der Waals surface area (Å²) in [6.45, 7) is 1.75. The lowest BCUT2D eigenvalue weighted by Gasteiger charge is -2.22. The Morgan fingerprint density at radius 1 is 1.35 bits per heavy atom. The van der Waals surface area contributed by atoms with Crippen molar-refractivity contribution in [1.29, 1.82) is 0 Å². The van der Waals surface area contributed by atoms with Gasteiger partial charge in [-0.25, -0.2) is 9.97 Å². The van der Waals surface area contributed by atoms with Crippen LogP contribution in [0.3, 0.4) is 0 Å². The Labute approximate surface area is 150 Å². The van der Waals surface area contributed by atoms with Crippen LogP contribution in [0.15, 0.2) is 35.0 Å². The van der Waals surface area contributed by atoms with E-state index in [1.165, 1.54) is 0 Å². The summed E-state index contributed by atoms with van der Waals surface area (Å²) < 4.78 is 10.9. The van der Waals surface area contributed by atoms with Gasteiger partial charge in [-0.05, 0) is 44.0 Å². The summed E-state index contributed by atoms with van der Waals surface area (Å²) in [6.07, 6.45) is 4.19. The molecule has 7 nitrogen and oxygen atoms in total. The van der Waals surface area contributed by atoms with Crippen molar-refractivity contribution >= 4 is 5.91 Å². The van der Waals surface area contributed by atoms with Gasteiger partial charge >= 0.3 is 0 Å². The molecule has 7 heteroatoms. The van der Waals surface area contributed by atoms with Crippen molar-refractivity contribution in [2.75, 3.05) is 7.11 Å². The minimum atomic E-state index is -0.209. The number of benzene rings is 1. The largest absolute Gasteiger partial charge is 0.497 e. The number of nitrogens with one attached hydrogen (secondary N) is 2. The summed E-state index contributed by atoms with van der Waals surface area (Å²) >= 11 is 0. The van der Waals surface area contributed by atoms with Gasteiger partial charge in [0.05, 0.1) is 19.1 Å². The van der Waals surface area contributed by atoms with Crippen molar-refractivity contribution in [3.05, 3.63) is 53.4 Å². The van der Waals surface area contributed by atoms with Gasteiger partial charge in [-0.1, -0.05) is 0 Å². The van der Waals surface area contributed by atoms with Gasteiger partial charge in [0.1, 0.15) is 11.5 Å². The first-order valence-electron chi connectivity index (χ1n) is 8.58. The number of nitrogens with zero attached hydrogens (tertiary/aromatic N) is 2. The molecule has 3 aromatic rings. The molecule has 2 aromatic heterocycles. The average molecular weight is 352 g/mol. The second-order valence-corrected chi connectivity index (χ2v) is 6.39. The molecule has 26 heavy (non-hydrogen) atoms. The fourth-order valence-corrected chi connectivity index (χ4v) is 3.24. The number of amides is 1. The van der Waals surface area contributed by atoms with Crippen molar-refractivity contribution < 1.29 is 13.9 Å². The number of hydrogen-bond donors (Lipinski definition) is 2. The highest BCUT2D eigenvalue weighted by atomic mass is 16.5. The van der Waals surface area contributed by atoms with E-state index in [-0.39, 0.29) is 11.9 Å². The van der Waals surface area contributed by atoms with E-state index in [1.54, 1.807) is 20.4 Å². The number of methoxy groups -OCH3 is 1. The monoisotopic (exact) mass is 352 g/mol. The van der Waals surface area contributed by atoms with E-state index in [1.807, 2.05) is 24.3 Å². The molecule has 0 radical (unpaired) electrons. The number of hydrogen-bond acceptors (Lipinski definition) is 5. The fourth-order valence-electron chi connectivity index (χ4n) is 3.24. The van der Waals surface area contributed by atoms with Crippen LogP contribution in [0, 0.1) is 6.92 Å². The third-order valence-corrected chi connectivity index (χ3v) is 4.67. The van der Waals surface area contributed by atoms with Crippen molar-refractivity contribution in [2.24, 2.45) is 0 Å². The standard InChI is InChI=1S/C19H20N4O3/c1-11-17(23-19(26-11)12-3-6-14(25-2)7-4-12)18(24)22-13-5-8-15-16(9-13)21-10-20-15/h3-4,6-7,10,13H,5,8-9H2,1-2H3,(H,20,21)(H,22,24). The smallest absolute Gasteiger partial charge is 0.273 e. The number of aryl methyl sites for hydroxylation is 2. The van der Waals surface area contributed by atoms with Crippen LogP contribution in [-0.2, 0) is 12.8 Å². The molecule has 1 unspecified atom stereocenters. The van der Waals surface area contributed by atoms with Gasteiger partial charge in [-0.15, -0.1) is 0 Å². The molecule has 1 amide bonds. The molecule has 1 atom stereocenters. The quantitative estimate of drug-likeness (QED) is 0.753. The molecule has 0 fully saturated rings. The number of rotatable bonds is 4. The second kappa shape index (κ2) is 6.67. The Hall–Kier alpha value is -3.09. The lowest BCUT2D eigenvalue weighted by molar-refractivity contribution is 0.0927. The first kappa shape index (κ1) is 16.4. The molecule has 0 aliphatic heterocycles. The third-order valence-electron chi connectivity index (χ3n) is 4.67. The molecular weight excluding hydrogens is 332 g/mol. The van der Waals surface area contributed by atoms with Crippen LogP contribution in [0.5, 0.6) is 5.75 Å². The minimum absolute atomic E-state index is 0.0657. The summed E-state index contributed by atoms with van der Waals surface area (Å²) in [5.41, 5.74) is 3.31. The Kier molecular flexibility index (Phi) is 4.20. The molecule has 0 saturated heterocycles. The lowest BCUT2D eigenvalue weighted by Crippen LogP contribution is -2.39. The van der Waals surface area contributed by atoms with Crippen LogP contribution >= 0.6 is 0 Å². The van der Waals surface area contributed by atoms with Gasteiger partial charge in [0.15, 0.2) is 5.69 Å². The summed E-state index contributed by atoms with van der Waals surface area (Å²) in [6, 6.07) is 7.44. The van der Waals surface area contributed by atoms with Gasteiger partial charge in [0, 0.05) is 23.7 Å². The topological polar surface area (TPSA) is 93.0 Å². The van der Waals surface area contributed by atoms with Gasteiger partial charge in [0.2, 0.25) is 5.89 Å². The summed E-state index contributed by atoms with van der Waals surface area (Å²) in [4.78, 5) is 24.5. The minimum Gasteiger partial charge on any atom is -0.497 e. The molecule has 0 saturated carbocycles. The fraction of sp³-hybridized carbons (Fsp3) is 0.316. The van der Waals surface area contributed by atoms with Crippen LogP contribution < -0.4 is 10.1 Å². The van der Waals surface area contributed by atoms with Gasteiger partial charge in [-0.2, -0.15) is 0 Å². The van der Waals surface area contributed by atoms with Crippen molar-refractivity contribution in [2.45, 2.75) is 32.2 Å². The van der Waals surface area contributed by atoms with E-state index in [2.05, 4.69) is 20.3 Å². The molecule has 2 N–H and O–H groups in total. The number of carbonyl (C=O) groups is 1. The van der Waals surface area contributed by atoms with E-state index >= 15 is 0 Å². The zero-order chi connectivity index (χ0) is 18.1. The van der Waals surface area contributed by atoms with Crippen molar-refractivity contribution in [3.63, 3.8) is 0 Å². The van der Waals surface area contributed by atoms with Crippen LogP contribution in [0.1, 0.15) is 34.1 Å². The number of H-pyrrole nitrogens is 1. The number of aromatic nitrogens is 3. The summed E-state index contributed by atoms with van der Waals surface area (Å²) in [5, 5.41) is 3.06. The Bertz CT molecular complexity index is 927. The number of imidazole rings is 1. The van der Waals surface area contributed by atoms with Crippen LogP contribution in [0.25, 0.3) is 11.5 Å². The Morgan fingerprint density at radius 3 is 2.92 bits per heavy atom. The predicted molar refractivity (Wildman–Crippen MR) is 95.1 cm³/mol. The number of aromatic amines is 1. The zero-order valence-corrected chi connectivity index (χ0v) is 14.7. The number of oxazole rings is 1. The molecule has 0 bridgehead atoms. The number of fused-ring (bicyclic) bond motifs is 1. The molecule has 2 heterocycles. The zero-order valence-electron chi connectivity index (χ0n) is 14.7. The lowest BCUT2D eigenvalue weighted by atomic mass is 9.96. The maximum absolute atomic E-state index is 12.6. The van der Waals surface area contributed by atoms with Gasteiger partial charge in [0.25, 0.3) is 5.91 Å². The third kappa shape index (κ3) is 3.08. The predicted octanol–water partition coefficient (Wildman–Crippen LogP) is 2.67. The van der Waals surface area contributed by atoms with E-state index in [0.717, 1.165) is 42.0 Å². The van der Waals surface area contributed by atoms with Crippen LogP contribution in [0.2, 0.25) is 0 Å². The number of ether oxygens (including phenoxy) is 1. The molecule has 1 aromatic carbocycles. The second-order valence-electron chi connectivity index (χ2n) is 6.39. The van der Waals surface area contributed by atoms with E-state index in [0.29, 0.717) is 17.3 Å². The van der Waals surface area contributed by atoms with E-state index in [4.69, 9.17) is 9.15 Å². The molecule has 4 rings (SSSR count). The maximum atomic E-state index is 12.6. The first-order valence-corrected chi connectivity index (χ1v) is 8.58. The SMILES string of the molecule is COc1ccc(-c2nc(C(=O)NC3CCc4nc[nH]c4C3)c(C)o2)cc1. The highest BCUT2D eigenvalue weighted by Gasteiger charge is 2.25. The van der Waals surface area contributed by atoms with Crippen LogP contribution in [-0.4, -0.2) is 34.0 Å². The average Bonchev–Trinajstić information content (AvgIpc) is 3.27. The van der Waals surface area contributed by atoms with Crippen molar-refractivity contribution in [3.8, 4) is 17.2 Å². The Morgan fingerprint density at radius 2 is 2.15 bits per heavy atom. The Balaban J connectivity index is 1.49. The summed E-state index contributed by atoms with van der Waals surface area (Å²) in [7, 11) is 1.62. The maximum Gasteiger partial charge on any atom is 0.273 e. The van der Waals surface area contributed by atoms with Crippen molar-refractivity contribution in [1.82, 2.24) is 20.3 Å². The molecule has 1 aliphatic carbocycles. The van der Waals surface area contributed by atoms with Gasteiger partial charge in [-0.3, -0.25) is 4.79 Å². The van der Waals surface area contributed by atoms with E-state index < -0.39 is 0 Å². The molecule has 1 aliphatic rings. The highest BCUT2D eigenvalue weighted by molar-refractivity contribution is 5.93. The normalized spacial score (nSPS) is 16.2. The molecule has 0 spiro atoms.